The molecule has 0 aromatic heterocycles. The van der Waals surface area contributed by atoms with Crippen LogP contribution in [-0.2, 0) is 0 Å². The molecule has 7 heteroatoms. The summed E-state index contributed by atoms with van der Waals surface area (Å²) in [7, 11) is 0. The van der Waals surface area contributed by atoms with Gasteiger partial charge in [-0.25, -0.2) is 8.78 Å². The molecule has 1 heterocycles. The molecule has 1 aliphatic heterocycles. The average molecular weight is 355 g/mol. The molecule has 1 aromatic carbocycles. The molecule has 1 aliphatic carbocycles. The van der Waals surface area contributed by atoms with E-state index in [4.69, 9.17) is 0 Å². The van der Waals surface area contributed by atoms with E-state index in [-0.39, 0.29) is 36.4 Å². The average Bonchev–Trinajstić information content (AvgIpc) is 3.27. The van der Waals surface area contributed by atoms with Crippen LogP contribution in [0.3, 0.4) is 0 Å². The van der Waals surface area contributed by atoms with Gasteiger partial charge in [0.05, 0.1) is 0 Å². The van der Waals surface area contributed by atoms with E-state index < -0.39 is 17.4 Å². The zero-order valence-electron chi connectivity index (χ0n) is 12.2. The molecule has 1 saturated heterocycles. The van der Waals surface area contributed by atoms with Crippen molar-refractivity contribution in [2.75, 3.05) is 26.2 Å². The van der Waals surface area contributed by atoms with Crippen LogP contribution in [0.2, 0.25) is 0 Å². The van der Waals surface area contributed by atoms with Crippen molar-refractivity contribution in [1.82, 2.24) is 10.2 Å². The van der Waals surface area contributed by atoms with Crippen LogP contribution in [0.15, 0.2) is 12.1 Å². The maximum absolute atomic E-state index is 14.1. The first-order chi connectivity index (χ1) is 9.66. The number of nitrogens with zero attached hydrogens (tertiary/aromatic N) is 1. The zero-order chi connectivity index (χ0) is 14.1. The Bertz CT molecular complexity index is 495. The lowest BCUT2D eigenvalue weighted by Gasteiger charge is -2.35. The zero-order valence-corrected chi connectivity index (χ0v) is 13.9. The quantitative estimate of drug-likeness (QED) is 0.870. The summed E-state index contributed by atoms with van der Waals surface area (Å²) in [5, 5.41) is 13.2. The van der Waals surface area contributed by atoms with Gasteiger partial charge in [-0.2, -0.15) is 0 Å². The topological polar surface area (TPSA) is 35.5 Å². The smallest absolute Gasteiger partial charge is 0.165 e. The first kappa shape index (κ1) is 19.4. The third-order valence-electron chi connectivity index (χ3n) is 4.29. The molecule has 1 aromatic rings. The normalized spacial score (nSPS) is 19.9. The minimum Gasteiger partial charge on any atom is -0.505 e. The van der Waals surface area contributed by atoms with E-state index in [1.165, 1.54) is 0 Å². The fourth-order valence-corrected chi connectivity index (χ4v) is 2.99. The van der Waals surface area contributed by atoms with Gasteiger partial charge in [0.2, 0.25) is 0 Å². The van der Waals surface area contributed by atoms with Crippen molar-refractivity contribution < 1.29 is 13.9 Å². The Kier molecular flexibility index (Phi) is 7.32. The molecule has 0 spiro atoms. The molecule has 0 bridgehead atoms. The maximum Gasteiger partial charge on any atom is 0.165 e. The van der Waals surface area contributed by atoms with E-state index in [0.717, 1.165) is 57.6 Å². The highest BCUT2D eigenvalue weighted by Gasteiger charge is 2.34. The third kappa shape index (κ3) is 4.22. The Labute approximate surface area is 141 Å². The summed E-state index contributed by atoms with van der Waals surface area (Å²) in [5.41, 5.74) is 0.138. The molecule has 1 atom stereocenters. The Balaban J connectivity index is 0.00000121. The Hall–Kier alpha value is -0.620. The summed E-state index contributed by atoms with van der Waals surface area (Å²) in [5.74, 6) is -1.18. The van der Waals surface area contributed by atoms with Crippen LogP contribution in [0.5, 0.6) is 5.75 Å². The molecule has 3 nitrogen and oxygen atoms in total. The van der Waals surface area contributed by atoms with Crippen molar-refractivity contribution in [1.29, 1.82) is 0 Å². The summed E-state index contributed by atoms with van der Waals surface area (Å²) in [6.45, 7) is 3.29. The summed E-state index contributed by atoms with van der Waals surface area (Å²) < 4.78 is 27.7. The molecule has 22 heavy (non-hydrogen) atoms. The monoisotopic (exact) mass is 354 g/mol. The van der Waals surface area contributed by atoms with Crippen molar-refractivity contribution in [2.24, 2.45) is 5.92 Å². The predicted octanol–water partition coefficient (Wildman–Crippen LogP) is 3.26. The Morgan fingerprint density at radius 2 is 1.73 bits per heavy atom. The van der Waals surface area contributed by atoms with Gasteiger partial charge >= 0.3 is 0 Å². The van der Waals surface area contributed by atoms with E-state index in [0.29, 0.717) is 5.92 Å². The van der Waals surface area contributed by atoms with E-state index >= 15 is 0 Å². The van der Waals surface area contributed by atoms with Crippen LogP contribution in [0.4, 0.5) is 8.78 Å². The fourth-order valence-electron chi connectivity index (χ4n) is 2.99. The van der Waals surface area contributed by atoms with Crippen molar-refractivity contribution in [3.8, 4) is 5.75 Å². The van der Waals surface area contributed by atoms with E-state index in [1.54, 1.807) is 0 Å². The largest absolute Gasteiger partial charge is 0.505 e. The van der Waals surface area contributed by atoms with E-state index in [1.807, 2.05) is 0 Å². The van der Waals surface area contributed by atoms with Crippen molar-refractivity contribution in [3.63, 3.8) is 0 Å². The Morgan fingerprint density at radius 1 is 1.14 bits per heavy atom. The van der Waals surface area contributed by atoms with Gasteiger partial charge in [0, 0.05) is 37.8 Å². The van der Waals surface area contributed by atoms with Gasteiger partial charge in [0.1, 0.15) is 5.82 Å². The highest BCUT2D eigenvalue weighted by Crippen LogP contribution is 2.43. The first-order valence-electron chi connectivity index (χ1n) is 7.28. The lowest BCUT2D eigenvalue weighted by Crippen LogP contribution is -2.45. The summed E-state index contributed by atoms with van der Waals surface area (Å²) >= 11 is 0. The number of aromatic hydroxyl groups is 1. The van der Waals surface area contributed by atoms with Gasteiger partial charge < -0.3 is 10.4 Å². The lowest BCUT2D eigenvalue weighted by molar-refractivity contribution is 0.154. The highest BCUT2D eigenvalue weighted by atomic mass is 35.5. The van der Waals surface area contributed by atoms with Crippen LogP contribution in [0.25, 0.3) is 0 Å². The van der Waals surface area contributed by atoms with Gasteiger partial charge in [-0.05, 0) is 24.5 Å². The van der Waals surface area contributed by atoms with E-state index in [9.17, 15) is 13.9 Å². The second-order valence-electron chi connectivity index (χ2n) is 5.77. The van der Waals surface area contributed by atoms with Crippen molar-refractivity contribution >= 4 is 24.8 Å². The molecule has 2 fully saturated rings. The van der Waals surface area contributed by atoms with Crippen LogP contribution in [0, 0.1) is 17.6 Å². The second-order valence-corrected chi connectivity index (χ2v) is 5.77. The van der Waals surface area contributed by atoms with Crippen molar-refractivity contribution in [2.45, 2.75) is 25.3 Å². The third-order valence-corrected chi connectivity index (χ3v) is 4.29. The van der Waals surface area contributed by atoms with Crippen LogP contribution >= 0.6 is 24.8 Å². The van der Waals surface area contributed by atoms with E-state index in [2.05, 4.69) is 10.2 Å². The highest BCUT2D eigenvalue weighted by molar-refractivity contribution is 5.85. The molecule has 2 aliphatic rings. The number of piperazine rings is 1. The summed E-state index contributed by atoms with van der Waals surface area (Å²) in [4.78, 5) is 2.16. The number of hydrogen-bond acceptors (Lipinski definition) is 3. The molecule has 126 valence electrons. The van der Waals surface area contributed by atoms with Gasteiger partial charge in [0.25, 0.3) is 0 Å². The number of benzene rings is 1. The number of halogens is 4. The Morgan fingerprint density at radius 3 is 2.32 bits per heavy atom. The molecule has 0 radical (unpaired) electrons. The number of rotatable bonds is 4. The lowest BCUT2D eigenvalue weighted by atomic mass is 9.97. The standard InChI is InChI=1S/C15H20F2N2O.2ClH/c16-11-3-4-12(17)15(20)14(11)13(9-10-1-2-10)19-7-5-18-6-8-19;;/h3-4,10,13,18,20H,1-2,5-9H2;2*1H/t13-;;/m1../s1. The van der Waals surface area contributed by atoms with Gasteiger partial charge in [-0.1, -0.05) is 12.8 Å². The molecule has 2 N–H and O–H groups in total. The van der Waals surface area contributed by atoms with Gasteiger partial charge in [-0.3, -0.25) is 4.90 Å². The summed E-state index contributed by atoms with van der Waals surface area (Å²) in [6, 6.07) is 1.88. The molecular weight excluding hydrogens is 333 g/mol. The minimum absolute atomic E-state index is 0. The second kappa shape index (κ2) is 8.29. The predicted molar refractivity (Wildman–Crippen MR) is 87.0 cm³/mol. The number of hydrogen-bond donors (Lipinski definition) is 2. The first-order valence-corrected chi connectivity index (χ1v) is 7.28. The van der Waals surface area contributed by atoms with Gasteiger partial charge in [-0.15, -0.1) is 24.8 Å². The number of phenols is 1. The fraction of sp³-hybridized carbons (Fsp3) is 0.600. The van der Waals surface area contributed by atoms with Crippen LogP contribution < -0.4 is 5.32 Å². The molecule has 0 unspecified atom stereocenters. The minimum atomic E-state index is -0.739. The van der Waals surface area contributed by atoms with Gasteiger partial charge in [0.15, 0.2) is 11.6 Å². The maximum atomic E-state index is 14.1. The number of phenolic OH excluding ortho intramolecular Hbond substituents is 1. The number of nitrogens with one attached hydrogen (secondary N) is 1. The molecular formula is C15H22Cl2F2N2O. The molecule has 1 saturated carbocycles. The molecule has 3 rings (SSSR count). The van der Waals surface area contributed by atoms with Crippen LogP contribution in [0.1, 0.15) is 30.9 Å². The summed E-state index contributed by atoms with van der Waals surface area (Å²) in [6.07, 6.45) is 3.11. The molecule has 0 amide bonds. The van der Waals surface area contributed by atoms with Crippen LogP contribution in [-0.4, -0.2) is 36.2 Å². The van der Waals surface area contributed by atoms with Crippen molar-refractivity contribution in [3.05, 3.63) is 29.3 Å². The SMILES string of the molecule is Cl.Cl.Oc1c(F)ccc(F)c1[C@@H](CC1CC1)N1CCNCC1.